The maximum atomic E-state index is 4.41. The maximum Gasteiger partial charge on any atom is 0.252 e. The Morgan fingerprint density at radius 2 is 0.957 bits per heavy atom. The molecule has 10 rings (SSSR count). The van der Waals surface area contributed by atoms with E-state index in [4.69, 9.17) is 0 Å². The van der Waals surface area contributed by atoms with Gasteiger partial charge in [-0.2, -0.15) is 0 Å². The third-order valence-corrected chi connectivity index (χ3v) is 10.7. The van der Waals surface area contributed by atoms with E-state index in [-0.39, 0.29) is 6.71 Å². The third-order valence-electron chi connectivity index (χ3n) is 9.49. The van der Waals surface area contributed by atoms with Crippen LogP contribution in [-0.2, 0) is 0 Å². The summed E-state index contributed by atoms with van der Waals surface area (Å²) in [6.07, 6.45) is 3.80. The topological polar surface area (TPSA) is 22.6 Å². The first kappa shape index (κ1) is 26.5. The first-order chi connectivity index (χ1) is 23.4. The van der Waals surface area contributed by atoms with Gasteiger partial charge >= 0.3 is 0 Å². The van der Waals surface area contributed by atoms with Crippen LogP contribution in [0.3, 0.4) is 0 Å². The van der Waals surface area contributed by atoms with Crippen molar-refractivity contribution in [2.75, 3.05) is 14.7 Å². The van der Waals surface area contributed by atoms with Crippen molar-refractivity contribution >= 4 is 86.0 Å². The summed E-state index contributed by atoms with van der Waals surface area (Å²) in [5, 5.41) is 0. The standard InChI is InChI=1S/C41H27BN4S/c1-3-13-28(14-4-1)44-33-19-9-7-17-31(33)42-32-18-8-10-20-34(32)46(30-23-25-43-26-24-30)40-39(42)36(44)27-37-41(40)47-38-22-12-11-21-35(38)45(37)29-15-5-2-6-16-29/h1-27H. The predicted octanol–water partition coefficient (Wildman–Crippen LogP) is 9.10. The summed E-state index contributed by atoms with van der Waals surface area (Å²) in [4.78, 5) is 14.3. The van der Waals surface area contributed by atoms with Crippen molar-refractivity contribution in [3.05, 3.63) is 164 Å². The number of pyridine rings is 1. The van der Waals surface area contributed by atoms with Crippen LogP contribution in [0, 0.1) is 0 Å². The lowest BCUT2D eigenvalue weighted by Gasteiger charge is -2.46. The van der Waals surface area contributed by atoms with Gasteiger partial charge in [-0.3, -0.25) is 4.98 Å². The van der Waals surface area contributed by atoms with Gasteiger partial charge in [-0.25, -0.2) is 0 Å². The molecule has 0 spiro atoms. The second-order valence-corrected chi connectivity index (χ2v) is 13.1. The van der Waals surface area contributed by atoms with Crippen LogP contribution in [0.25, 0.3) is 0 Å². The Kier molecular flexibility index (Phi) is 5.87. The van der Waals surface area contributed by atoms with E-state index in [0.29, 0.717) is 0 Å². The van der Waals surface area contributed by atoms with E-state index < -0.39 is 0 Å². The van der Waals surface area contributed by atoms with Gasteiger partial charge in [0.05, 0.1) is 22.0 Å². The van der Waals surface area contributed by atoms with Crippen molar-refractivity contribution in [3.8, 4) is 0 Å². The summed E-state index contributed by atoms with van der Waals surface area (Å²) in [5.74, 6) is 0. The van der Waals surface area contributed by atoms with Gasteiger partial charge in [0.1, 0.15) is 0 Å². The minimum atomic E-state index is 0.0682. The molecule has 1 aromatic heterocycles. The van der Waals surface area contributed by atoms with Crippen LogP contribution in [0.5, 0.6) is 0 Å². The number of para-hydroxylation sites is 5. The Morgan fingerprint density at radius 1 is 0.447 bits per heavy atom. The quantitative estimate of drug-likeness (QED) is 0.184. The Bertz CT molecular complexity index is 2300. The smallest absolute Gasteiger partial charge is 0.252 e. The minimum absolute atomic E-state index is 0.0682. The van der Waals surface area contributed by atoms with E-state index >= 15 is 0 Å². The average molecular weight is 619 g/mol. The molecule has 6 heteroatoms. The van der Waals surface area contributed by atoms with Gasteiger partial charge in [0, 0.05) is 51.4 Å². The Morgan fingerprint density at radius 3 is 1.62 bits per heavy atom. The van der Waals surface area contributed by atoms with Crippen molar-refractivity contribution in [2.24, 2.45) is 0 Å². The number of fused-ring (bicyclic) bond motifs is 7. The van der Waals surface area contributed by atoms with Gasteiger partial charge < -0.3 is 14.7 Å². The van der Waals surface area contributed by atoms with E-state index in [0.717, 1.165) is 17.1 Å². The zero-order chi connectivity index (χ0) is 30.9. The second kappa shape index (κ2) is 10.4. The number of hydrogen-bond donors (Lipinski definition) is 0. The average Bonchev–Trinajstić information content (AvgIpc) is 3.15. The van der Waals surface area contributed by atoms with Gasteiger partial charge in [0.15, 0.2) is 0 Å². The summed E-state index contributed by atoms with van der Waals surface area (Å²) < 4.78 is 0. The molecule has 0 amide bonds. The van der Waals surface area contributed by atoms with E-state index in [9.17, 15) is 0 Å². The molecule has 4 nitrogen and oxygen atoms in total. The van der Waals surface area contributed by atoms with Gasteiger partial charge in [0.2, 0.25) is 0 Å². The molecular weight excluding hydrogens is 591 g/mol. The first-order valence-electron chi connectivity index (χ1n) is 15.9. The molecule has 0 saturated heterocycles. The highest BCUT2D eigenvalue weighted by atomic mass is 32.2. The lowest BCUT2D eigenvalue weighted by atomic mass is 9.33. The SMILES string of the molecule is c1ccc(N2c3ccccc3Sc3c2cc2c4c3N(c3ccncc3)c3ccccc3B4c3ccccc3N2c2ccccc2)cc1. The molecule has 3 aliphatic rings. The lowest BCUT2D eigenvalue weighted by Crippen LogP contribution is -2.61. The number of anilines is 9. The van der Waals surface area contributed by atoms with E-state index in [1.807, 2.05) is 24.2 Å². The predicted molar refractivity (Wildman–Crippen MR) is 197 cm³/mol. The van der Waals surface area contributed by atoms with E-state index in [2.05, 4.69) is 171 Å². The van der Waals surface area contributed by atoms with Crippen LogP contribution in [0.1, 0.15) is 0 Å². The largest absolute Gasteiger partial charge is 0.311 e. The zero-order valence-corrected chi connectivity index (χ0v) is 26.2. The molecule has 0 atom stereocenters. The normalized spacial score (nSPS) is 13.7. The molecule has 0 radical (unpaired) electrons. The highest BCUT2D eigenvalue weighted by Gasteiger charge is 2.46. The number of aromatic nitrogens is 1. The minimum Gasteiger partial charge on any atom is -0.311 e. The van der Waals surface area contributed by atoms with Gasteiger partial charge in [-0.1, -0.05) is 96.7 Å². The number of benzene rings is 6. The molecule has 0 bridgehead atoms. The summed E-state index contributed by atoms with van der Waals surface area (Å²) in [6.45, 7) is 0.0682. The van der Waals surface area contributed by atoms with Crippen molar-refractivity contribution in [1.82, 2.24) is 4.98 Å². The van der Waals surface area contributed by atoms with Crippen LogP contribution >= 0.6 is 11.8 Å². The summed E-state index contributed by atoms with van der Waals surface area (Å²) in [5.41, 5.74) is 14.5. The van der Waals surface area contributed by atoms with Crippen LogP contribution in [0.15, 0.2) is 174 Å². The third kappa shape index (κ3) is 3.88. The second-order valence-electron chi connectivity index (χ2n) is 12.0. The number of rotatable bonds is 3. The fraction of sp³-hybridized carbons (Fsp3) is 0. The Balaban J connectivity index is 1.38. The molecule has 47 heavy (non-hydrogen) atoms. The summed E-state index contributed by atoms with van der Waals surface area (Å²) in [6, 6.07) is 55.0. The van der Waals surface area contributed by atoms with Crippen LogP contribution < -0.4 is 31.1 Å². The van der Waals surface area contributed by atoms with Gasteiger partial charge in [-0.15, -0.1) is 0 Å². The Labute approximate surface area is 278 Å². The van der Waals surface area contributed by atoms with E-state index in [1.165, 1.54) is 60.3 Å². The molecule has 220 valence electrons. The number of hydrogen-bond acceptors (Lipinski definition) is 5. The van der Waals surface area contributed by atoms with Gasteiger partial charge in [-0.05, 0) is 83.1 Å². The molecule has 0 N–H and O–H groups in total. The first-order valence-corrected chi connectivity index (χ1v) is 16.7. The number of nitrogens with zero attached hydrogens (tertiary/aromatic N) is 4. The van der Waals surface area contributed by atoms with Crippen molar-refractivity contribution < 1.29 is 0 Å². The molecule has 4 heterocycles. The highest BCUT2D eigenvalue weighted by Crippen LogP contribution is 2.58. The molecular formula is C41H27BN4S. The molecule has 7 aromatic rings. The van der Waals surface area contributed by atoms with Crippen LogP contribution in [-0.4, -0.2) is 11.7 Å². The van der Waals surface area contributed by atoms with Gasteiger partial charge in [0.25, 0.3) is 6.71 Å². The highest BCUT2D eigenvalue weighted by molar-refractivity contribution is 8.00. The molecule has 0 aliphatic carbocycles. The fourth-order valence-corrected chi connectivity index (χ4v) is 8.82. The van der Waals surface area contributed by atoms with Crippen molar-refractivity contribution in [2.45, 2.75) is 9.79 Å². The molecule has 3 aliphatic heterocycles. The fourth-order valence-electron chi connectivity index (χ4n) is 7.64. The lowest BCUT2D eigenvalue weighted by molar-refractivity contribution is 1.13. The monoisotopic (exact) mass is 618 g/mol. The molecule has 0 saturated carbocycles. The summed E-state index contributed by atoms with van der Waals surface area (Å²) >= 11 is 1.87. The van der Waals surface area contributed by atoms with Crippen LogP contribution in [0.2, 0.25) is 0 Å². The Hall–Kier alpha value is -5.72. The van der Waals surface area contributed by atoms with E-state index in [1.54, 1.807) is 0 Å². The molecule has 0 unspecified atom stereocenters. The molecule has 0 fully saturated rings. The molecule has 6 aromatic carbocycles. The van der Waals surface area contributed by atoms with Crippen molar-refractivity contribution in [3.63, 3.8) is 0 Å². The summed E-state index contributed by atoms with van der Waals surface area (Å²) in [7, 11) is 0. The van der Waals surface area contributed by atoms with Crippen molar-refractivity contribution in [1.29, 1.82) is 0 Å². The maximum absolute atomic E-state index is 4.41. The zero-order valence-electron chi connectivity index (χ0n) is 25.4. The van der Waals surface area contributed by atoms with Crippen LogP contribution in [0.4, 0.5) is 51.2 Å².